The maximum atomic E-state index is 13.9. The number of oxime groups is 1. The Bertz CT molecular complexity index is 1440. The Kier molecular flexibility index (Phi) is 7.49. The molecule has 1 amide bonds. The van der Waals surface area contributed by atoms with Crippen molar-refractivity contribution < 1.29 is 23.9 Å². The number of carbonyl (C=O) groups excluding carboxylic acids is 1. The summed E-state index contributed by atoms with van der Waals surface area (Å²) in [5, 5.41) is 16.1. The predicted molar refractivity (Wildman–Crippen MR) is 151 cm³/mol. The molecule has 1 N–H and O–H groups in total. The second-order valence-electron chi connectivity index (χ2n) is 10.7. The van der Waals surface area contributed by atoms with Crippen LogP contribution in [0.25, 0.3) is 11.1 Å². The van der Waals surface area contributed by atoms with Gasteiger partial charge in [-0.05, 0) is 79.4 Å². The standard InChI is InChI=1S/C31H31ClFN3O4/c1-35(27(17-36-13-2-14-36)30(37)21-6-12-28(26(32)16-21)40-24-9-10-24)31(38)29-25-11-5-20(15-22(25)18-39-34-29)19-3-7-23(33)8-4-19/h3-8,11-12,15-16,24,27,30,37H,2,9-10,13-14,17-18H2,1H3. The number of hydrogen-bond donors (Lipinski definition) is 1. The van der Waals surface area contributed by atoms with Crippen molar-refractivity contribution in [1.29, 1.82) is 0 Å². The lowest BCUT2D eigenvalue weighted by Crippen LogP contribution is -2.53. The maximum Gasteiger partial charge on any atom is 0.276 e. The Morgan fingerprint density at radius 3 is 2.58 bits per heavy atom. The molecule has 1 saturated carbocycles. The molecule has 2 aliphatic heterocycles. The lowest BCUT2D eigenvalue weighted by Gasteiger charge is -2.40. The molecule has 3 aliphatic rings. The van der Waals surface area contributed by atoms with E-state index in [9.17, 15) is 14.3 Å². The summed E-state index contributed by atoms with van der Waals surface area (Å²) in [6, 6.07) is 16.7. The number of halogens is 2. The maximum absolute atomic E-state index is 13.9. The molecule has 40 heavy (non-hydrogen) atoms. The zero-order valence-electron chi connectivity index (χ0n) is 22.2. The van der Waals surface area contributed by atoms with E-state index in [2.05, 4.69) is 10.1 Å². The Labute approximate surface area is 237 Å². The number of amides is 1. The molecule has 1 aliphatic carbocycles. The Balaban J connectivity index is 1.24. The smallest absolute Gasteiger partial charge is 0.276 e. The van der Waals surface area contributed by atoms with E-state index < -0.39 is 12.1 Å². The van der Waals surface area contributed by atoms with Crippen LogP contribution in [0.5, 0.6) is 5.75 Å². The van der Waals surface area contributed by atoms with E-state index >= 15 is 0 Å². The normalized spacial score (nSPS) is 18.1. The summed E-state index contributed by atoms with van der Waals surface area (Å²) < 4.78 is 19.3. The first kappa shape index (κ1) is 26.7. The van der Waals surface area contributed by atoms with Crippen molar-refractivity contribution in [3.8, 4) is 16.9 Å². The van der Waals surface area contributed by atoms with E-state index in [1.54, 1.807) is 36.2 Å². The molecule has 0 aromatic heterocycles. The first-order valence-corrected chi connectivity index (χ1v) is 14.0. The number of carbonyl (C=O) groups is 1. The van der Waals surface area contributed by atoms with E-state index in [4.69, 9.17) is 21.2 Å². The molecule has 6 rings (SSSR count). The zero-order chi connectivity index (χ0) is 27.8. The summed E-state index contributed by atoms with van der Waals surface area (Å²) in [5.74, 6) is -0.0399. The molecule has 2 fully saturated rings. The molecule has 1 saturated heterocycles. The highest BCUT2D eigenvalue weighted by atomic mass is 35.5. The largest absolute Gasteiger partial charge is 0.489 e. The van der Waals surface area contributed by atoms with Gasteiger partial charge in [-0.15, -0.1) is 0 Å². The number of aliphatic hydroxyl groups is 1. The first-order chi connectivity index (χ1) is 19.4. The third-order valence-electron chi connectivity index (χ3n) is 7.81. The highest BCUT2D eigenvalue weighted by Gasteiger charge is 2.35. The van der Waals surface area contributed by atoms with Gasteiger partial charge < -0.3 is 24.5 Å². The summed E-state index contributed by atoms with van der Waals surface area (Å²) >= 11 is 6.50. The van der Waals surface area contributed by atoms with Crippen molar-refractivity contribution in [2.45, 2.75) is 44.1 Å². The minimum Gasteiger partial charge on any atom is -0.489 e. The lowest BCUT2D eigenvalue weighted by molar-refractivity contribution is -0.128. The predicted octanol–water partition coefficient (Wildman–Crippen LogP) is 5.19. The number of likely N-dealkylation sites (tertiary alicyclic amines) is 1. The van der Waals surface area contributed by atoms with Gasteiger partial charge in [0.05, 0.1) is 17.2 Å². The summed E-state index contributed by atoms with van der Waals surface area (Å²) in [7, 11) is 1.69. The van der Waals surface area contributed by atoms with Crippen LogP contribution < -0.4 is 4.74 Å². The lowest BCUT2D eigenvalue weighted by atomic mass is 9.95. The van der Waals surface area contributed by atoms with Crippen LogP contribution in [0, 0.1) is 5.82 Å². The van der Waals surface area contributed by atoms with Crippen molar-refractivity contribution in [2.75, 3.05) is 26.7 Å². The molecular formula is C31H31ClFN3O4. The average Bonchev–Trinajstić information content (AvgIpc) is 3.76. The third-order valence-corrected chi connectivity index (χ3v) is 8.10. The topological polar surface area (TPSA) is 74.6 Å². The van der Waals surface area contributed by atoms with Gasteiger partial charge >= 0.3 is 0 Å². The van der Waals surface area contributed by atoms with Gasteiger partial charge in [0.1, 0.15) is 24.3 Å². The minimum atomic E-state index is -0.979. The van der Waals surface area contributed by atoms with Crippen molar-refractivity contribution >= 4 is 23.2 Å². The number of benzene rings is 3. The van der Waals surface area contributed by atoms with Crippen LogP contribution in [0.15, 0.2) is 65.8 Å². The fourth-order valence-electron chi connectivity index (χ4n) is 5.10. The number of nitrogens with zero attached hydrogens (tertiary/aromatic N) is 3. The van der Waals surface area contributed by atoms with Crippen molar-refractivity contribution in [3.63, 3.8) is 0 Å². The molecule has 2 unspecified atom stereocenters. The van der Waals surface area contributed by atoms with Crippen LogP contribution in [-0.4, -0.2) is 65.4 Å². The quantitative estimate of drug-likeness (QED) is 0.388. The SMILES string of the molecule is CN(C(=O)C1=NOCc2cc(-c3ccc(F)cc3)ccc21)C(CN1CCC1)C(O)c1ccc(OC2CC2)c(Cl)c1. The summed E-state index contributed by atoms with van der Waals surface area (Å²) in [5.41, 5.74) is 4.04. The molecule has 9 heteroatoms. The number of likely N-dealkylation sites (N-methyl/N-ethyl adjacent to an activating group) is 1. The molecule has 208 valence electrons. The van der Waals surface area contributed by atoms with E-state index in [1.807, 2.05) is 24.3 Å². The third kappa shape index (κ3) is 5.57. The average molecular weight is 564 g/mol. The first-order valence-electron chi connectivity index (χ1n) is 13.6. The molecule has 0 bridgehead atoms. The second-order valence-corrected chi connectivity index (χ2v) is 11.1. The number of fused-ring (bicyclic) bond motifs is 1. The van der Waals surface area contributed by atoms with Crippen LogP contribution >= 0.6 is 11.6 Å². The van der Waals surface area contributed by atoms with E-state index in [1.165, 1.54) is 12.1 Å². The highest BCUT2D eigenvalue weighted by molar-refractivity contribution is 6.45. The van der Waals surface area contributed by atoms with Gasteiger partial charge in [0.2, 0.25) is 0 Å². The zero-order valence-corrected chi connectivity index (χ0v) is 23.0. The number of aliphatic hydroxyl groups excluding tert-OH is 1. The van der Waals surface area contributed by atoms with E-state index in [-0.39, 0.29) is 30.1 Å². The van der Waals surface area contributed by atoms with E-state index in [0.717, 1.165) is 49.0 Å². The van der Waals surface area contributed by atoms with Gasteiger partial charge in [-0.3, -0.25) is 4.79 Å². The van der Waals surface area contributed by atoms with Crippen molar-refractivity contribution in [2.24, 2.45) is 5.16 Å². The summed E-state index contributed by atoms with van der Waals surface area (Å²) in [4.78, 5) is 23.1. The van der Waals surface area contributed by atoms with Gasteiger partial charge in [0.15, 0.2) is 5.71 Å². The minimum absolute atomic E-state index is 0.182. The van der Waals surface area contributed by atoms with Crippen LogP contribution in [-0.2, 0) is 16.2 Å². The Morgan fingerprint density at radius 2 is 1.90 bits per heavy atom. The summed E-state index contributed by atoms with van der Waals surface area (Å²) in [6.07, 6.45) is 2.37. The van der Waals surface area contributed by atoms with Gasteiger partial charge in [0, 0.05) is 24.7 Å². The van der Waals surface area contributed by atoms with Crippen LogP contribution in [0.4, 0.5) is 4.39 Å². The monoisotopic (exact) mass is 563 g/mol. The number of rotatable bonds is 9. The molecule has 2 atom stereocenters. The fourth-order valence-corrected chi connectivity index (χ4v) is 5.33. The number of ether oxygens (including phenoxy) is 1. The highest BCUT2D eigenvalue weighted by Crippen LogP contribution is 2.35. The fraction of sp³-hybridized carbons (Fsp3) is 0.355. The van der Waals surface area contributed by atoms with Crippen molar-refractivity contribution in [1.82, 2.24) is 9.80 Å². The van der Waals surface area contributed by atoms with Gasteiger partial charge in [0.25, 0.3) is 5.91 Å². The van der Waals surface area contributed by atoms with Crippen LogP contribution in [0.1, 0.15) is 42.1 Å². The van der Waals surface area contributed by atoms with E-state index in [0.29, 0.717) is 28.4 Å². The summed E-state index contributed by atoms with van der Waals surface area (Å²) in [6.45, 7) is 2.56. The molecule has 0 radical (unpaired) electrons. The van der Waals surface area contributed by atoms with Crippen LogP contribution in [0.3, 0.4) is 0 Å². The van der Waals surface area contributed by atoms with Gasteiger partial charge in [-0.2, -0.15) is 0 Å². The molecule has 3 aromatic rings. The van der Waals surface area contributed by atoms with Crippen LogP contribution in [0.2, 0.25) is 5.02 Å². The van der Waals surface area contributed by atoms with Gasteiger partial charge in [-0.1, -0.05) is 47.1 Å². The second kappa shape index (κ2) is 11.2. The Morgan fingerprint density at radius 1 is 1.15 bits per heavy atom. The van der Waals surface area contributed by atoms with Gasteiger partial charge in [-0.25, -0.2) is 4.39 Å². The molecule has 7 nitrogen and oxygen atoms in total. The molecule has 0 spiro atoms. The Hall–Kier alpha value is -3.46. The molecule has 3 aromatic carbocycles. The number of hydrogen-bond acceptors (Lipinski definition) is 6. The van der Waals surface area contributed by atoms with Crippen molar-refractivity contribution in [3.05, 3.63) is 88.2 Å². The molecular weight excluding hydrogens is 533 g/mol. The molecule has 2 heterocycles.